The van der Waals surface area contributed by atoms with E-state index in [1.165, 1.54) is 11.3 Å². The number of aromatic nitrogens is 3. The highest BCUT2D eigenvalue weighted by molar-refractivity contribution is 7.13. The second kappa shape index (κ2) is 5.02. The molecular formula is C16H14N4O3S. The van der Waals surface area contributed by atoms with Crippen molar-refractivity contribution in [1.82, 2.24) is 15.1 Å². The average molecular weight is 342 g/mol. The van der Waals surface area contributed by atoms with Gasteiger partial charge in [-0.3, -0.25) is 0 Å². The Bertz CT molecular complexity index is 916. The van der Waals surface area contributed by atoms with Gasteiger partial charge in [-0.15, -0.1) is 11.3 Å². The van der Waals surface area contributed by atoms with E-state index >= 15 is 0 Å². The van der Waals surface area contributed by atoms with E-state index in [9.17, 15) is 0 Å². The van der Waals surface area contributed by atoms with Crippen LogP contribution in [0.3, 0.4) is 0 Å². The second-order valence-corrected chi connectivity index (χ2v) is 6.90. The maximum absolute atomic E-state index is 6.24. The van der Waals surface area contributed by atoms with Gasteiger partial charge in [0.15, 0.2) is 17.3 Å². The molecule has 2 aliphatic rings. The number of nitrogens with zero attached hydrogens (tertiary/aromatic N) is 3. The third-order valence-electron chi connectivity index (χ3n) is 4.46. The minimum atomic E-state index is -0.433. The lowest BCUT2D eigenvalue weighted by molar-refractivity contribution is 0.174. The summed E-state index contributed by atoms with van der Waals surface area (Å²) in [7, 11) is 0. The Balaban J connectivity index is 1.45. The molecule has 7 nitrogen and oxygen atoms in total. The number of benzene rings is 1. The van der Waals surface area contributed by atoms with E-state index in [0.29, 0.717) is 17.4 Å². The van der Waals surface area contributed by atoms with Crippen molar-refractivity contribution in [3.63, 3.8) is 0 Å². The SMILES string of the molecule is NC1(c2noc(-c3csc(-c4ccc5c(c4)OCO5)n3)n2)CCC1. The smallest absolute Gasteiger partial charge is 0.277 e. The van der Waals surface area contributed by atoms with Gasteiger partial charge in [0.05, 0.1) is 5.54 Å². The summed E-state index contributed by atoms with van der Waals surface area (Å²) in [5.74, 6) is 2.47. The molecule has 0 atom stereocenters. The monoisotopic (exact) mass is 342 g/mol. The van der Waals surface area contributed by atoms with Crippen LogP contribution in [0.25, 0.3) is 22.2 Å². The van der Waals surface area contributed by atoms with E-state index in [4.69, 9.17) is 19.7 Å². The summed E-state index contributed by atoms with van der Waals surface area (Å²) in [4.78, 5) is 9.04. The number of nitrogens with two attached hydrogens (primary N) is 1. The lowest BCUT2D eigenvalue weighted by Crippen LogP contribution is -2.44. The molecule has 122 valence electrons. The van der Waals surface area contributed by atoms with Gasteiger partial charge in [-0.25, -0.2) is 4.98 Å². The summed E-state index contributed by atoms with van der Waals surface area (Å²) in [5, 5.41) is 6.79. The number of rotatable bonds is 3. The molecule has 8 heteroatoms. The van der Waals surface area contributed by atoms with E-state index < -0.39 is 5.54 Å². The highest BCUT2D eigenvalue weighted by Crippen LogP contribution is 2.39. The maximum Gasteiger partial charge on any atom is 0.277 e. The second-order valence-electron chi connectivity index (χ2n) is 6.04. The van der Waals surface area contributed by atoms with Crippen molar-refractivity contribution in [2.75, 3.05) is 6.79 Å². The fraction of sp³-hybridized carbons (Fsp3) is 0.312. The normalized spacial score (nSPS) is 17.7. The van der Waals surface area contributed by atoms with Gasteiger partial charge in [0.25, 0.3) is 5.89 Å². The van der Waals surface area contributed by atoms with Crippen LogP contribution >= 0.6 is 11.3 Å². The molecular weight excluding hydrogens is 328 g/mol. The highest BCUT2D eigenvalue weighted by atomic mass is 32.1. The van der Waals surface area contributed by atoms with Crippen LogP contribution in [-0.2, 0) is 5.54 Å². The lowest BCUT2D eigenvalue weighted by Gasteiger charge is -2.34. The number of thiazole rings is 1. The fourth-order valence-corrected chi connectivity index (χ4v) is 3.64. The van der Waals surface area contributed by atoms with Crippen LogP contribution in [0.5, 0.6) is 11.5 Å². The zero-order valence-corrected chi connectivity index (χ0v) is 13.5. The molecule has 1 saturated carbocycles. The molecule has 0 spiro atoms. The van der Waals surface area contributed by atoms with E-state index in [2.05, 4.69) is 15.1 Å². The molecule has 1 aromatic carbocycles. The first-order valence-corrected chi connectivity index (χ1v) is 8.58. The first-order valence-electron chi connectivity index (χ1n) is 7.70. The van der Waals surface area contributed by atoms with Gasteiger partial charge in [0, 0.05) is 10.9 Å². The number of ether oxygens (including phenoxy) is 2. The molecule has 1 aliphatic heterocycles. The zero-order chi connectivity index (χ0) is 16.1. The number of fused-ring (bicyclic) bond motifs is 1. The van der Waals surface area contributed by atoms with E-state index in [1.54, 1.807) is 0 Å². The largest absolute Gasteiger partial charge is 0.454 e. The minimum Gasteiger partial charge on any atom is -0.454 e. The van der Waals surface area contributed by atoms with Gasteiger partial charge in [0.1, 0.15) is 10.7 Å². The Hall–Kier alpha value is -2.45. The third-order valence-corrected chi connectivity index (χ3v) is 5.35. The maximum atomic E-state index is 6.24. The van der Waals surface area contributed by atoms with Crippen LogP contribution in [-0.4, -0.2) is 21.9 Å². The van der Waals surface area contributed by atoms with Gasteiger partial charge >= 0.3 is 0 Å². The molecule has 0 bridgehead atoms. The number of hydrogen-bond acceptors (Lipinski definition) is 8. The van der Waals surface area contributed by atoms with E-state index in [1.807, 2.05) is 23.6 Å². The van der Waals surface area contributed by atoms with Crippen LogP contribution in [0, 0.1) is 0 Å². The quantitative estimate of drug-likeness (QED) is 0.781. The summed E-state index contributed by atoms with van der Waals surface area (Å²) >= 11 is 1.51. The molecule has 0 radical (unpaired) electrons. The lowest BCUT2D eigenvalue weighted by atomic mass is 9.77. The average Bonchev–Trinajstić information content (AvgIpc) is 3.29. The van der Waals surface area contributed by atoms with Gasteiger partial charge < -0.3 is 19.7 Å². The van der Waals surface area contributed by atoms with Crippen molar-refractivity contribution in [1.29, 1.82) is 0 Å². The predicted octanol–water partition coefficient (Wildman–Crippen LogP) is 2.93. The van der Waals surface area contributed by atoms with Gasteiger partial charge in [-0.2, -0.15) is 4.98 Å². The standard InChI is InChI=1S/C16H14N4O3S/c17-16(4-1-5-16)15-19-13(23-20-15)10-7-24-14(18-10)9-2-3-11-12(6-9)22-8-21-11/h2-3,6-7H,1,4-5,8,17H2. The topological polar surface area (TPSA) is 96.3 Å². The van der Waals surface area contributed by atoms with Crippen molar-refractivity contribution in [2.24, 2.45) is 5.73 Å². The summed E-state index contributed by atoms with van der Waals surface area (Å²) in [6.45, 7) is 0.257. The molecule has 2 aromatic heterocycles. The molecule has 3 heterocycles. The molecule has 0 amide bonds. The zero-order valence-electron chi connectivity index (χ0n) is 12.7. The van der Waals surface area contributed by atoms with Crippen LogP contribution in [0.1, 0.15) is 25.1 Å². The third kappa shape index (κ3) is 2.10. The fourth-order valence-electron chi connectivity index (χ4n) is 2.85. The minimum absolute atomic E-state index is 0.257. The van der Waals surface area contributed by atoms with Crippen LogP contribution in [0.2, 0.25) is 0 Å². The van der Waals surface area contributed by atoms with Crippen LogP contribution in [0.4, 0.5) is 0 Å². The Morgan fingerprint density at radius 3 is 2.83 bits per heavy atom. The molecule has 3 aromatic rings. The molecule has 0 saturated heterocycles. The van der Waals surface area contributed by atoms with E-state index in [-0.39, 0.29) is 6.79 Å². The van der Waals surface area contributed by atoms with Gasteiger partial charge in [0.2, 0.25) is 6.79 Å². The highest BCUT2D eigenvalue weighted by Gasteiger charge is 2.39. The van der Waals surface area contributed by atoms with Crippen LogP contribution < -0.4 is 15.2 Å². The van der Waals surface area contributed by atoms with Crippen LogP contribution in [0.15, 0.2) is 28.1 Å². The van der Waals surface area contributed by atoms with Crippen molar-refractivity contribution in [3.05, 3.63) is 29.4 Å². The summed E-state index contributed by atoms with van der Waals surface area (Å²) < 4.78 is 16.1. The first kappa shape index (κ1) is 13.9. The van der Waals surface area contributed by atoms with Crippen molar-refractivity contribution in [3.8, 4) is 33.7 Å². The van der Waals surface area contributed by atoms with Gasteiger partial charge in [-0.05, 0) is 37.5 Å². The van der Waals surface area contributed by atoms with Crippen molar-refractivity contribution in [2.45, 2.75) is 24.8 Å². The Morgan fingerprint density at radius 2 is 2.00 bits per heavy atom. The summed E-state index contributed by atoms with van der Waals surface area (Å²) in [6.07, 6.45) is 2.89. The first-order chi connectivity index (χ1) is 11.7. The Labute approximate surface area is 141 Å². The van der Waals surface area contributed by atoms with E-state index in [0.717, 1.165) is 41.3 Å². The molecule has 1 fully saturated rings. The Kier molecular flexibility index (Phi) is 2.92. The summed E-state index contributed by atoms with van der Waals surface area (Å²) in [6, 6.07) is 5.77. The molecule has 5 rings (SSSR count). The number of hydrogen-bond donors (Lipinski definition) is 1. The molecule has 1 aliphatic carbocycles. The molecule has 0 unspecified atom stereocenters. The molecule has 24 heavy (non-hydrogen) atoms. The summed E-state index contributed by atoms with van der Waals surface area (Å²) in [5.41, 5.74) is 7.43. The molecule has 2 N–H and O–H groups in total. The predicted molar refractivity (Wildman–Crippen MR) is 86.7 cm³/mol. The van der Waals surface area contributed by atoms with Crippen molar-refractivity contribution < 1.29 is 14.0 Å². The van der Waals surface area contributed by atoms with Crippen molar-refractivity contribution >= 4 is 11.3 Å². The Morgan fingerprint density at radius 1 is 1.12 bits per heavy atom. The van der Waals surface area contributed by atoms with Gasteiger partial charge in [-0.1, -0.05) is 5.16 Å².